The SMILES string of the molecule is [CH2]CCNCCCN(C)C. The van der Waals surface area contributed by atoms with Crippen LogP contribution in [0.5, 0.6) is 0 Å². The van der Waals surface area contributed by atoms with Gasteiger partial charge < -0.3 is 10.2 Å². The zero-order chi connectivity index (χ0) is 7.82. The second-order valence-electron chi connectivity index (χ2n) is 2.76. The first kappa shape index (κ1) is 9.92. The van der Waals surface area contributed by atoms with Gasteiger partial charge in [-0.3, -0.25) is 0 Å². The lowest BCUT2D eigenvalue weighted by Gasteiger charge is -2.08. The van der Waals surface area contributed by atoms with Gasteiger partial charge in [0.05, 0.1) is 0 Å². The quantitative estimate of drug-likeness (QED) is 0.552. The van der Waals surface area contributed by atoms with E-state index in [2.05, 4.69) is 31.2 Å². The van der Waals surface area contributed by atoms with E-state index in [4.69, 9.17) is 0 Å². The van der Waals surface area contributed by atoms with Crippen LogP contribution >= 0.6 is 0 Å². The molecule has 0 aliphatic heterocycles. The minimum atomic E-state index is 0.988. The van der Waals surface area contributed by atoms with Crippen LogP contribution in [0.15, 0.2) is 0 Å². The van der Waals surface area contributed by atoms with Gasteiger partial charge in [-0.2, -0.15) is 0 Å². The first-order chi connectivity index (χ1) is 4.77. The number of hydrogen-bond acceptors (Lipinski definition) is 2. The second-order valence-corrected chi connectivity index (χ2v) is 2.76. The minimum Gasteiger partial charge on any atom is -0.317 e. The Bertz CT molecular complexity index is 62.3. The summed E-state index contributed by atoms with van der Waals surface area (Å²) >= 11 is 0. The molecule has 1 radical (unpaired) electrons. The third-order valence-electron chi connectivity index (χ3n) is 1.31. The molecule has 0 aromatic heterocycles. The Kier molecular flexibility index (Phi) is 6.98. The van der Waals surface area contributed by atoms with Gasteiger partial charge in [-0.25, -0.2) is 0 Å². The molecule has 0 rings (SSSR count). The Hall–Kier alpha value is -0.0800. The Morgan fingerprint density at radius 1 is 1.30 bits per heavy atom. The topological polar surface area (TPSA) is 15.3 Å². The highest BCUT2D eigenvalue weighted by atomic mass is 15.0. The van der Waals surface area contributed by atoms with Crippen LogP contribution in [0.4, 0.5) is 0 Å². The van der Waals surface area contributed by atoms with Gasteiger partial charge in [-0.05, 0) is 46.6 Å². The zero-order valence-corrected chi connectivity index (χ0v) is 7.19. The highest BCUT2D eigenvalue weighted by Crippen LogP contribution is 1.80. The van der Waals surface area contributed by atoms with Crippen molar-refractivity contribution in [3.63, 3.8) is 0 Å². The summed E-state index contributed by atoms with van der Waals surface area (Å²) in [6.45, 7) is 7.08. The van der Waals surface area contributed by atoms with Gasteiger partial charge in [0, 0.05) is 0 Å². The molecule has 0 saturated carbocycles. The molecule has 61 valence electrons. The smallest absolute Gasteiger partial charge is 0.00127 e. The van der Waals surface area contributed by atoms with Crippen LogP contribution in [0.1, 0.15) is 12.8 Å². The van der Waals surface area contributed by atoms with Crippen molar-refractivity contribution in [1.82, 2.24) is 10.2 Å². The Balaban J connectivity index is 2.77. The molecule has 10 heavy (non-hydrogen) atoms. The maximum Gasteiger partial charge on any atom is -0.00127 e. The van der Waals surface area contributed by atoms with Crippen molar-refractivity contribution >= 4 is 0 Å². The average Bonchev–Trinajstić information content (AvgIpc) is 1.87. The highest BCUT2D eigenvalue weighted by Gasteiger charge is 1.88. The molecule has 0 bridgehead atoms. The van der Waals surface area contributed by atoms with Crippen LogP contribution < -0.4 is 5.32 Å². The molecule has 0 unspecified atom stereocenters. The van der Waals surface area contributed by atoms with E-state index in [1.807, 2.05) is 0 Å². The summed E-state index contributed by atoms with van der Waals surface area (Å²) in [6.07, 6.45) is 2.22. The molecular formula is C8H19N2. The number of nitrogens with zero attached hydrogens (tertiary/aromatic N) is 1. The van der Waals surface area contributed by atoms with E-state index < -0.39 is 0 Å². The Labute approximate surface area is 64.6 Å². The molecule has 0 amide bonds. The average molecular weight is 143 g/mol. The first-order valence-corrected chi connectivity index (χ1v) is 3.92. The van der Waals surface area contributed by atoms with Gasteiger partial charge in [-0.1, -0.05) is 6.92 Å². The summed E-state index contributed by atoms with van der Waals surface area (Å²) in [5.74, 6) is 0. The van der Waals surface area contributed by atoms with Crippen molar-refractivity contribution in [3.8, 4) is 0 Å². The van der Waals surface area contributed by atoms with E-state index in [-0.39, 0.29) is 0 Å². The second kappa shape index (κ2) is 7.03. The third kappa shape index (κ3) is 7.92. The number of rotatable bonds is 6. The zero-order valence-electron chi connectivity index (χ0n) is 7.19. The van der Waals surface area contributed by atoms with Gasteiger partial charge in [0.1, 0.15) is 0 Å². The molecule has 0 fully saturated rings. The molecule has 0 atom stereocenters. The van der Waals surface area contributed by atoms with Gasteiger partial charge >= 0.3 is 0 Å². The van der Waals surface area contributed by atoms with Crippen LogP contribution in [0, 0.1) is 6.92 Å². The number of nitrogens with one attached hydrogen (secondary N) is 1. The van der Waals surface area contributed by atoms with E-state index >= 15 is 0 Å². The van der Waals surface area contributed by atoms with Crippen molar-refractivity contribution in [2.75, 3.05) is 33.7 Å². The molecule has 0 spiro atoms. The van der Waals surface area contributed by atoms with Crippen molar-refractivity contribution in [1.29, 1.82) is 0 Å². The van der Waals surface area contributed by atoms with Crippen LogP contribution in [-0.4, -0.2) is 38.6 Å². The molecule has 1 N–H and O–H groups in total. The lowest BCUT2D eigenvalue weighted by Crippen LogP contribution is -2.21. The molecule has 2 heteroatoms. The monoisotopic (exact) mass is 143 g/mol. The molecule has 0 heterocycles. The molecule has 0 aromatic rings. The van der Waals surface area contributed by atoms with Crippen molar-refractivity contribution in [2.45, 2.75) is 12.8 Å². The van der Waals surface area contributed by atoms with Crippen LogP contribution in [-0.2, 0) is 0 Å². The molecule has 0 aliphatic rings. The maximum absolute atomic E-state index is 3.75. The highest BCUT2D eigenvalue weighted by molar-refractivity contribution is 4.50. The molecule has 0 aromatic carbocycles. The summed E-state index contributed by atoms with van der Waals surface area (Å²) in [6, 6.07) is 0. The first-order valence-electron chi connectivity index (χ1n) is 3.92. The van der Waals surface area contributed by atoms with Gasteiger partial charge in [-0.15, -0.1) is 0 Å². The van der Waals surface area contributed by atoms with E-state index in [1.54, 1.807) is 0 Å². The normalized spacial score (nSPS) is 10.8. The minimum absolute atomic E-state index is 0.988. The summed E-state index contributed by atoms with van der Waals surface area (Å²) in [4.78, 5) is 2.20. The van der Waals surface area contributed by atoms with Crippen molar-refractivity contribution in [2.24, 2.45) is 0 Å². The van der Waals surface area contributed by atoms with Crippen LogP contribution in [0.25, 0.3) is 0 Å². The van der Waals surface area contributed by atoms with Crippen molar-refractivity contribution < 1.29 is 0 Å². The Morgan fingerprint density at radius 3 is 2.50 bits per heavy atom. The molecule has 0 aliphatic carbocycles. The van der Waals surface area contributed by atoms with E-state index in [1.165, 1.54) is 13.0 Å². The number of hydrogen-bond donors (Lipinski definition) is 1. The van der Waals surface area contributed by atoms with Gasteiger partial charge in [0.2, 0.25) is 0 Å². The third-order valence-corrected chi connectivity index (χ3v) is 1.31. The summed E-state index contributed by atoms with van der Waals surface area (Å²) in [5, 5.41) is 3.30. The summed E-state index contributed by atoms with van der Waals surface area (Å²) in [5.41, 5.74) is 0. The lowest BCUT2D eigenvalue weighted by molar-refractivity contribution is 0.395. The van der Waals surface area contributed by atoms with Crippen molar-refractivity contribution in [3.05, 3.63) is 6.92 Å². The largest absolute Gasteiger partial charge is 0.317 e. The fraction of sp³-hybridized carbons (Fsp3) is 0.875. The fourth-order valence-corrected chi connectivity index (χ4v) is 0.770. The Morgan fingerprint density at radius 2 is 2.00 bits per heavy atom. The van der Waals surface area contributed by atoms with E-state index in [0.29, 0.717) is 0 Å². The van der Waals surface area contributed by atoms with Crippen LogP contribution in [0.3, 0.4) is 0 Å². The predicted octanol–water partition coefficient (Wildman–Crippen LogP) is 0.752. The van der Waals surface area contributed by atoms with Gasteiger partial charge in [0.25, 0.3) is 0 Å². The van der Waals surface area contributed by atoms with E-state index in [9.17, 15) is 0 Å². The van der Waals surface area contributed by atoms with Gasteiger partial charge in [0.15, 0.2) is 0 Å². The summed E-state index contributed by atoms with van der Waals surface area (Å²) in [7, 11) is 4.20. The molecule has 2 nitrogen and oxygen atoms in total. The molecule has 0 saturated heterocycles. The fourth-order valence-electron chi connectivity index (χ4n) is 0.770. The van der Waals surface area contributed by atoms with E-state index in [0.717, 1.165) is 19.5 Å². The summed E-state index contributed by atoms with van der Waals surface area (Å²) < 4.78 is 0. The van der Waals surface area contributed by atoms with Crippen LogP contribution in [0.2, 0.25) is 0 Å². The maximum atomic E-state index is 3.75. The predicted molar refractivity (Wildman–Crippen MR) is 46.0 cm³/mol. The standard InChI is InChI=1S/C8H19N2/c1-4-6-9-7-5-8-10(2)3/h9H,1,4-8H2,2-3H3. The molecular weight excluding hydrogens is 124 g/mol. The lowest BCUT2D eigenvalue weighted by atomic mass is 10.4.